The Hall–Kier alpha value is -2.82. The maximum Gasteiger partial charge on any atom is 0.227 e. The number of methoxy groups -OCH3 is 1. The predicted octanol–water partition coefficient (Wildman–Crippen LogP) is 5.54. The first-order chi connectivity index (χ1) is 14.7. The van der Waals surface area contributed by atoms with E-state index >= 15 is 0 Å². The van der Waals surface area contributed by atoms with Crippen molar-refractivity contribution < 1.29 is 9.53 Å². The molecule has 3 aromatic rings. The first-order valence-electron chi connectivity index (χ1n) is 11.1. The van der Waals surface area contributed by atoms with Crippen molar-refractivity contribution in [1.82, 2.24) is 9.55 Å². The highest BCUT2D eigenvalue weighted by Gasteiger charge is 2.35. The third-order valence-electron chi connectivity index (χ3n) is 6.04. The third-order valence-corrected chi connectivity index (χ3v) is 6.04. The van der Waals surface area contributed by atoms with E-state index in [-0.39, 0.29) is 11.8 Å². The Kier molecular flexibility index (Phi) is 6.36. The van der Waals surface area contributed by atoms with E-state index in [1.54, 1.807) is 7.11 Å². The summed E-state index contributed by atoms with van der Waals surface area (Å²) < 4.78 is 7.84. The smallest absolute Gasteiger partial charge is 0.227 e. The molecule has 0 saturated carbocycles. The summed E-state index contributed by atoms with van der Waals surface area (Å²) in [5, 5.41) is 0. The summed E-state index contributed by atoms with van der Waals surface area (Å²) in [6.45, 7) is 3.84. The van der Waals surface area contributed by atoms with Gasteiger partial charge in [0.05, 0.1) is 23.8 Å². The number of ether oxygens (including phenoxy) is 1. The Morgan fingerprint density at radius 3 is 2.63 bits per heavy atom. The summed E-state index contributed by atoms with van der Waals surface area (Å²) >= 11 is 0. The number of aromatic nitrogens is 2. The first kappa shape index (κ1) is 20.5. The van der Waals surface area contributed by atoms with Crippen LogP contribution in [0.3, 0.4) is 0 Å². The molecular formula is C25H31N3O2. The topological polar surface area (TPSA) is 47.4 Å². The number of carbonyl (C=O) groups excluding carboxylic acids is 1. The van der Waals surface area contributed by atoms with Gasteiger partial charge in [-0.25, -0.2) is 4.98 Å². The van der Waals surface area contributed by atoms with E-state index in [4.69, 9.17) is 9.72 Å². The van der Waals surface area contributed by atoms with Gasteiger partial charge in [0.2, 0.25) is 5.91 Å². The van der Waals surface area contributed by atoms with Gasteiger partial charge in [0.25, 0.3) is 0 Å². The summed E-state index contributed by atoms with van der Waals surface area (Å²) in [5.74, 6) is 1.99. The van der Waals surface area contributed by atoms with Crippen molar-refractivity contribution in [3.8, 4) is 5.75 Å². The SMILES string of the molecule is CCCCCCCn1c(C2CC(=O)N(c3ccccc3OC)C2)nc2ccccc21. The number of nitrogens with zero attached hydrogens (tertiary/aromatic N) is 3. The van der Waals surface area contributed by atoms with Gasteiger partial charge in [0, 0.05) is 25.4 Å². The Morgan fingerprint density at radius 2 is 1.80 bits per heavy atom. The number of imidazole rings is 1. The second-order valence-electron chi connectivity index (χ2n) is 8.10. The molecule has 1 saturated heterocycles. The summed E-state index contributed by atoms with van der Waals surface area (Å²) in [7, 11) is 1.65. The molecule has 5 heteroatoms. The van der Waals surface area contributed by atoms with Crippen molar-refractivity contribution in [2.45, 2.75) is 57.9 Å². The minimum atomic E-state index is 0.0884. The average molecular weight is 406 g/mol. The molecule has 4 rings (SSSR count). The lowest BCUT2D eigenvalue weighted by molar-refractivity contribution is -0.117. The monoisotopic (exact) mass is 405 g/mol. The van der Waals surface area contributed by atoms with E-state index in [2.05, 4.69) is 29.7 Å². The van der Waals surface area contributed by atoms with Crippen molar-refractivity contribution in [3.05, 3.63) is 54.4 Å². The molecule has 158 valence electrons. The molecule has 1 aromatic heterocycles. The third kappa shape index (κ3) is 4.07. The fourth-order valence-electron chi connectivity index (χ4n) is 4.48. The van der Waals surface area contributed by atoms with Crippen LogP contribution in [-0.2, 0) is 11.3 Å². The standard InChI is InChI=1S/C25H31N3O2/c1-3-4-5-6-11-16-27-21-13-8-7-12-20(21)26-25(27)19-17-24(29)28(18-19)22-14-9-10-15-23(22)30-2/h7-10,12-15,19H,3-6,11,16-18H2,1-2H3. The maximum absolute atomic E-state index is 12.9. The number of unbranched alkanes of at least 4 members (excludes halogenated alkanes) is 4. The number of anilines is 1. The Bertz CT molecular complexity index is 1010. The zero-order valence-electron chi connectivity index (χ0n) is 18.0. The number of aryl methyl sites for hydroxylation is 1. The molecule has 1 aliphatic heterocycles. The molecule has 1 fully saturated rings. The highest BCUT2D eigenvalue weighted by molar-refractivity contribution is 5.97. The van der Waals surface area contributed by atoms with E-state index in [1.807, 2.05) is 35.2 Å². The lowest BCUT2D eigenvalue weighted by atomic mass is 10.1. The van der Waals surface area contributed by atoms with Crippen LogP contribution in [0.4, 0.5) is 5.69 Å². The number of amides is 1. The maximum atomic E-state index is 12.9. The van der Waals surface area contributed by atoms with E-state index in [1.165, 1.54) is 31.2 Å². The quantitative estimate of drug-likeness (QED) is 0.439. The minimum absolute atomic E-state index is 0.0884. The van der Waals surface area contributed by atoms with Crippen molar-refractivity contribution in [1.29, 1.82) is 0 Å². The number of benzene rings is 2. The van der Waals surface area contributed by atoms with Gasteiger partial charge >= 0.3 is 0 Å². The van der Waals surface area contributed by atoms with Crippen molar-refractivity contribution in [3.63, 3.8) is 0 Å². The Balaban J connectivity index is 1.59. The highest BCUT2D eigenvalue weighted by Crippen LogP contribution is 2.37. The van der Waals surface area contributed by atoms with Gasteiger partial charge in [0.15, 0.2) is 0 Å². The Labute approximate surface area is 178 Å². The fourth-order valence-corrected chi connectivity index (χ4v) is 4.48. The summed E-state index contributed by atoms with van der Waals surface area (Å²) in [4.78, 5) is 19.7. The van der Waals surface area contributed by atoms with Crippen LogP contribution in [0.15, 0.2) is 48.5 Å². The molecule has 2 heterocycles. The molecule has 0 N–H and O–H groups in total. The largest absolute Gasteiger partial charge is 0.495 e. The number of para-hydroxylation sites is 4. The molecule has 1 aliphatic rings. The van der Waals surface area contributed by atoms with E-state index in [9.17, 15) is 4.79 Å². The van der Waals surface area contributed by atoms with Gasteiger partial charge in [-0.15, -0.1) is 0 Å². The van der Waals surface area contributed by atoms with Crippen molar-refractivity contribution in [2.75, 3.05) is 18.6 Å². The number of carbonyl (C=O) groups is 1. The molecule has 1 amide bonds. The molecule has 30 heavy (non-hydrogen) atoms. The van der Waals surface area contributed by atoms with Crippen molar-refractivity contribution >= 4 is 22.6 Å². The molecule has 5 nitrogen and oxygen atoms in total. The van der Waals surface area contributed by atoms with Gasteiger partial charge in [-0.2, -0.15) is 0 Å². The number of rotatable bonds is 9. The van der Waals surface area contributed by atoms with Crippen LogP contribution in [0, 0.1) is 0 Å². The summed E-state index contributed by atoms with van der Waals surface area (Å²) in [6.07, 6.45) is 6.69. The molecular weight excluding hydrogens is 374 g/mol. The van der Waals surface area contributed by atoms with Crippen LogP contribution in [0.2, 0.25) is 0 Å². The zero-order chi connectivity index (χ0) is 20.9. The van der Waals surface area contributed by atoms with Gasteiger partial charge in [-0.1, -0.05) is 56.9 Å². The van der Waals surface area contributed by atoms with Gasteiger partial charge < -0.3 is 14.2 Å². The number of hydrogen-bond acceptors (Lipinski definition) is 3. The lowest BCUT2D eigenvalue weighted by Crippen LogP contribution is -2.25. The van der Waals surface area contributed by atoms with Crippen LogP contribution >= 0.6 is 0 Å². The molecule has 0 spiro atoms. The number of fused-ring (bicyclic) bond motifs is 1. The average Bonchev–Trinajstić information content (AvgIpc) is 3.34. The van der Waals surface area contributed by atoms with Crippen LogP contribution in [0.1, 0.15) is 57.2 Å². The van der Waals surface area contributed by atoms with E-state index in [0.717, 1.165) is 35.7 Å². The first-order valence-corrected chi connectivity index (χ1v) is 11.1. The molecule has 0 aliphatic carbocycles. The summed E-state index contributed by atoms with van der Waals surface area (Å²) in [6, 6.07) is 16.1. The van der Waals surface area contributed by atoms with Gasteiger partial charge in [-0.3, -0.25) is 4.79 Å². The van der Waals surface area contributed by atoms with E-state index < -0.39 is 0 Å². The van der Waals surface area contributed by atoms with Crippen LogP contribution in [0.5, 0.6) is 5.75 Å². The fraction of sp³-hybridized carbons (Fsp3) is 0.440. The second kappa shape index (κ2) is 9.33. The summed E-state index contributed by atoms with van der Waals surface area (Å²) in [5.41, 5.74) is 3.03. The van der Waals surface area contributed by atoms with E-state index in [0.29, 0.717) is 13.0 Å². The highest BCUT2D eigenvalue weighted by atomic mass is 16.5. The molecule has 0 radical (unpaired) electrons. The zero-order valence-corrected chi connectivity index (χ0v) is 18.0. The van der Waals surface area contributed by atoms with Crippen LogP contribution in [0.25, 0.3) is 11.0 Å². The molecule has 2 aromatic carbocycles. The van der Waals surface area contributed by atoms with Gasteiger partial charge in [0.1, 0.15) is 11.6 Å². The van der Waals surface area contributed by atoms with Gasteiger partial charge in [-0.05, 0) is 30.7 Å². The molecule has 1 atom stereocenters. The lowest BCUT2D eigenvalue weighted by Gasteiger charge is -2.19. The predicted molar refractivity (Wildman–Crippen MR) is 121 cm³/mol. The molecule has 0 bridgehead atoms. The Morgan fingerprint density at radius 1 is 1.03 bits per heavy atom. The van der Waals surface area contributed by atoms with Crippen LogP contribution in [-0.4, -0.2) is 29.1 Å². The minimum Gasteiger partial charge on any atom is -0.495 e. The second-order valence-corrected chi connectivity index (χ2v) is 8.10. The number of hydrogen-bond donors (Lipinski definition) is 0. The van der Waals surface area contributed by atoms with Crippen LogP contribution < -0.4 is 9.64 Å². The van der Waals surface area contributed by atoms with Crippen molar-refractivity contribution in [2.24, 2.45) is 0 Å². The molecule has 1 unspecified atom stereocenters. The normalized spacial score (nSPS) is 16.5.